The SMILES string of the molecule is O=C(CSc1nnnn1-c1ccccc1)Nc1cc(-c2ccccc2)nn1-c1ccccc1. The average Bonchev–Trinajstić information content (AvgIpc) is 3.52. The van der Waals surface area contributed by atoms with Gasteiger partial charge in [0.05, 0.1) is 22.8 Å². The molecule has 0 atom stereocenters. The van der Waals surface area contributed by atoms with Crippen LogP contribution in [0.1, 0.15) is 0 Å². The third-order valence-corrected chi connectivity index (χ3v) is 5.74. The fraction of sp³-hybridized carbons (Fsp3) is 0.0417. The molecular formula is C24H19N7OS. The van der Waals surface area contributed by atoms with Crippen LogP contribution in [0.3, 0.4) is 0 Å². The Balaban J connectivity index is 1.35. The van der Waals surface area contributed by atoms with Crippen molar-refractivity contribution in [3.63, 3.8) is 0 Å². The molecule has 5 aromatic rings. The molecule has 0 aliphatic carbocycles. The number of anilines is 1. The number of tetrazole rings is 1. The predicted octanol–water partition coefficient (Wildman–Crippen LogP) is 4.25. The van der Waals surface area contributed by atoms with Gasteiger partial charge in [-0.2, -0.15) is 9.78 Å². The maximum absolute atomic E-state index is 12.8. The summed E-state index contributed by atoms with van der Waals surface area (Å²) in [5.74, 6) is 0.556. The number of benzene rings is 3. The van der Waals surface area contributed by atoms with Crippen molar-refractivity contribution in [2.45, 2.75) is 5.16 Å². The molecule has 1 amide bonds. The highest BCUT2D eigenvalue weighted by molar-refractivity contribution is 7.99. The van der Waals surface area contributed by atoms with Crippen molar-refractivity contribution >= 4 is 23.5 Å². The van der Waals surface area contributed by atoms with Crippen LogP contribution >= 0.6 is 11.8 Å². The van der Waals surface area contributed by atoms with Gasteiger partial charge in [-0.05, 0) is 34.7 Å². The first-order valence-corrected chi connectivity index (χ1v) is 11.2. The summed E-state index contributed by atoms with van der Waals surface area (Å²) in [4.78, 5) is 12.8. The third-order valence-electron chi connectivity index (χ3n) is 4.82. The Labute approximate surface area is 194 Å². The molecule has 2 heterocycles. The molecule has 33 heavy (non-hydrogen) atoms. The number of nitrogens with zero attached hydrogens (tertiary/aromatic N) is 6. The number of rotatable bonds is 7. The van der Waals surface area contributed by atoms with E-state index in [1.807, 2.05) is 97.1 Å². The Kier molecular flexibility index (Phi) is 5.94. The van der Waals surface area contributed by atoms with Crippen LogP contribution in [0.15, 0.2) is 102 Å². The fourth-order valence-electron chi connectivity index (χ4n) is 3.30. The minimum absolute atomic E-state index is 0.147. The first-order chi connectivity index (χ1) is 16.3. The van der Waals surface area contributed by atoms with Crippen LogP contribution in [0.25, 0.3) is 22.6 Å². The molecule has 8 nitrogen and oxygen atoms in total. The molecule has 0 spiro atoms. The van der Waals surface area contributed by atoms with Crippen LogP contribution in [-0.4, -0.2) is 41.6 Å². The Bertz CT molecular complexity index is 1350. The number of hydrogen-bond donors (Lipinski definition) is 1. The number of carbonyl (C=O) groups is 1. The van der Waals surface area contributed by atoms with E-state index in [4.69, 9.17) is 5.10 Å². The number of thioether (sulfide) groups is 1. The Morgan fingerprint density at radius 1 is 0.818 bits per heavy atom. The first-order valence-electron chi connectivity index (χ1n) is 10.3. The molecule has 3 aromatic carbocycles. The van der Waals surface area contributed by atoms with Gasteiger partial charge in [0.25, 0.3) is 0 Å². The molecule has 5 rings (SSSR count). The summed E-state index contributed by atoms with van der Waals surface area (Å²) >= 11 is 1.27. The number of carbonyl (C=O) groups excluding carboxylic acids is 1. The van der Waals surface area contributed by atoms with Gasteiger partial charge in [-0.3, -0.25) is 4.79 Å². The third kappa shape index (κ3) is 4.68. The van der Waals surface area contributed by atoms with Gasteiger partial charge in [-0.15, -0.1) is 5.10 Å². The summed E-state index contributed by atoms with van der Waals surface area (Å²) in [7, 11) is 0. The summed E-state index contributed by atoms with van der Waals surface area (Å²) in [6, 6.07) is 31.0. The number of amides is 1. The number of nitrogens with one attached hydrogen (secondary N) is 1. The topological polar surface area (TPSA) is 90.5 Å². The zero-order valence-corrected chi connectivity index (χ0v) is 18.3. The first kappa shape index (κ1) is 20.7. The van der Waals surface area contributed by atoms with E-state index < -0.39 is 0 Å². The lowest BCUT2D eigenvalue weighted by atomic mass is 10.2. The van der Waals surface area contributed by atoms with Gasteiger partial charge in [0.15, 0.2) is 0 Å². The molecule has 1 N–H and O–H groups in total. The minimum atomic E-state index is -0.181. The maximum Gasteiger partial charge on any atom is 0.236 e. The highest BCUT2D eigenvalue weighted by Crippen LogP contribution is 2.25. The number of aromatic nitrogens is 6. The van der Waals surface area contributed by atoms with E-state index in [1.54, 1.807) is 9.36 Å². The van der Waals surface area contributed by atoms with Gasteiger partial charge in [0.2, 0.25) is 11.1 Å². The zero-order chi connectivity index (χ0) is 22.5. The van der Waals surface area contributed by atoms with E-state index in [0.29, 0.717) is 11.0 Å². The Hall–Kier alpha value is -4.24. The van der Waals surface area contributed by atoms with Crippen molar-refractivity contribution < 1.29 is 4.79 Å². The Morgan fingerprint density at radius 3 is 2.09 bits per heavy atom. The second-order valence-corrected chi connectivity index (χ2v) is 8.02. The molecule has 0 radical (unpaired) electrons. The molecule has 0 aliphatic rings. The normalized spacial score (nSPS) is 10.8. The molecule has 0 saturated carbocycles. The summed E-state index contributed by atoms with van der Waals surface area (Å²) in [5, 5.41) is 20.1. The van der Waals surface area contributed by atoms with Gasteiger partial charge >= 0.3 is 0 Å². The molecule has 0 aliphatic heterocycles. The molecule has 0 unspecified atom stereocenters. The highest BCUT2D eigenvalue weighted by atomic mass is 32.2. The molecular weight excluding hydrogens is 434 g/mol. The summed E-state index contributed by atoms with van der Waals surface area (Å²) in [6.45, 7) is 0. The maximum atomic E-state index is 12.8. The fourth-order valence-corrected chi connectivity index (χ4v) is 3.99. The van der Waals surface area contributed by atoms with E-state index in [2.05, 4.69) is 20.8 Å². The van der Waals surface area contributed by atoms with Gasteiger partial charge < -0.3 is 5.32 Å². The second kappa shape index (κ2) is 9.49. The van der Waals surface area contributed by atoms with Crippen LogP contribution in [-0.2, 0) is 4.79 Å². The minimum Gasteiger partial charge on any atom is -0.310 e. The van der Waals surface area contributed by atoms with Crippen molar-refractivity contribution in [3.05, 3.63) is 97.1 Å². The van der Waals surface area contributed by atoms with Gasteiger partial charge in [-0.1, -0.05) is 78.5 Å². The monoisotopic (exact) mass is 453 g/mol. The van der Waals surface area contributed by atoms with Crippen molar-refractivity contribution in [1.82, 2.24) is 30.0 Å². The quantitative estimate of drug-likeness (QED) is 0.371. The lowest BCUT2D eigenvalue weighted by molar-refractivity contribution is -0.113. The standard InChI is InChI=1S/C24H19N7OS/c32-23(17-33-24-26-28-29-31(24)20-14-8-3-9-15-20)25-22-16-21(18-10-4-1-5-11-18)27-30(22)19-12-6-2-7-13-19/h1-16H,17H2,(H,25,32). The van der Waals surface area contributed by atoms with Crippen LogP contribution in [0.5, 0.6) is 0 Å². The van der Waals surface area contributed by atoms with Gasteiger partial charge in [0, 0.05) is 11.6 Å². The van der Waals surface area contributed by atoms with Crippen molar-refractivity contribution in [2.75, 3.05) is 11.1 Å². The largest absolute Gasteiger partial charge is 0.310 e. The molecule has 162 valence electrons. The van der Waals surface area contributed by atoms with E-state index in [0.717, 1.165) is 22.6 Å². The second-order valence-electron chi connectivity index (χ2n) is 7.07. The van der Waals surface area contributed by atoms with Crippen molar-refractivity contribution in [1.29, 1.82) is 0 Å². The van der Waals surface area contributed by atoms with Crippen LogP contribution in [0.2, 0.25) is 0 Å². The summed E-state index contributed by atoms with van der Waals surface area (Å²) < 4.78 is 3.35. The average molecular weight is 454 g/mol. The van der Waals surface area contributed by atoms with E-state index in [9.17, 15) is 4.79 Å². The van der Waals surface area contributed by atoms with Crippen LogP contribution in [0.4, 0.5) is 5.82 Å². The van der Waals surface area contributed by atoms with E-state index in [1.165, 1.54) is 11.8 Å². The lowest BCUT2D eigenvalue weighted by Gasteiger charge is -2.08. The number of hydrogen-bond acceptors (Lipinski definition) is 6. The smallest absolute Gasteiger partial charge is 0.236 e. The van der Waals surface area contributed by atoms with E-state index in [-0.39, 0.29) is 11.7 Å². The molecule has 0 fully saturated rings. The van der Waals surface area contributed by atoms with Crippen LogP contribution < -0.4 is 5.32 Å². The predicted molar refractivity (Wildman–Crippen MR) is 128 cm³/mol. The summed E-state index contributed by atoms with van der Waals surface area (Å²) in [5.41, 5.74) is 3.44. The molecule has 0 saturated heterocycles. The van der Waals surface area contributed by atoms with Crippen molar-refractivity contribution in [3.8, 4) is 22.6 Å². The molecule has 9 heteroatoms. The van der Waals surface area contributed by atoms with Gasteiger partial charge in [-0.25, -0.2) is 4.68 Å². The van der Waals surface area contributed by atoms with Crippen molar-refractivity contribution in [2.24, 2.45) is 0 Å². The van der Waals surface area contributed by atoms with Gasteiger partial charge in [0.1, 0.15) is 5.82 Å². The molecule has 0 bridgehead atoms. The Morgan fingerprint density at radius 2 is 1.42 bits per heavy atom. The zero-order valence-electron chi connectivity index (χ0n) is 17.4. The van der Waals surface area contributed by atoms with Crippen LogP contribution in [0, 0.1) is 0 Å². The van der Waals surface area contributed by atoms with E-state index >= 15 is 0 Å². The molecule has 2 aromatic heterocycles. The lowest BCUT2D eigenvalue weighted by Crippen LogP contribution is -2.17. The highest BCUT2D eigenvalue weighted by Gasteiger charge is 2.16. The number of para-hydroxylation sites is 2. The summed E-state index contributed by atoms with van der Waals surface area (Å²) in [6.07, 6.45) is 0.